The summed E-state index contributed by atoms with van der Waals surface area (Å²) in [5.74, 6) is -0.748. The van der Waals surface area contributed by atoms with E-state index in [1.807, 2.05) is 25.1 Å². The average molecular weight is 340 g/mol. The highest BCUT2D eigenvalue weighted by atomic mass is 79.9. The number of carboxylic acids is 1. The highest BCUT2D eigenvalue weighted by Crippen LogP contribution is 2.24. The molecule has 1 aliphatic heterocycles. The van der Waals surface area contributed by atoms with Crippen LogP contribution in [0.3, 0.4) is 0 Å². The second-order valence-corrected chi connectivity index (χ2v) is 6.19. The maximum absolute atomic E-state index is 12.5. The SMILES string of the molecule is Cc1ccc(C(=O)N2CCCC(CC(=O)O)C2)c(Br)c1. The van der Waals surface area contributed by atoms with Crippen LogP contribution in [0.25, 0.3) is 0 Å². The number of nitrogens with zero attached hydrogens (tertiary/aromatic N) is 1. The lowest BCUT2D eigenvalue weighted by molar-refractivity contribution is -0.138. The number of hydrogen-bond acceptors (Lipinski definition) is 2. The van der Waals surface area contributed by atoms with Crippen molar-refractivity contribution in [2.75, 3.05) is 13.1 Å². The number of rotatable bonds is 3. The molecule has 0 aromatic heterocycles. The van der Waals surface area contributed by atoms with Crippen LogP contribution in [0.1, 0.15) is 35.2 Å². The van der Waals surface area contributed by atoms with E-state index in [2.05, 4.69) is 15.9 Å². The van der Waals surface area contributed by atoms with Gasteiger partial charge in [-0.1, -0.05) is 6.07 Å². The first-order valence-corrected chi connectivity index (χ1v) is 7.54. The summed E-state index contributed by atoms with van der Waals surface area (Å²) < 4.78 is 0.794. The Morgan fingerprint density at radius 1 is 1.45 bits per heavy atom. The van der Waals surface area contributed by atoms with Gasteiger partial charge in [0.05, 0.1) is 5.56 Å². The lowest BCUT2D eigenvalue weighted by atomic mass is 9.94. The van der Waals surface area contributed by atoms with Crippen molar-refractivity contribution >= 4 is 27.8 Å². The zero-order valence-electron chi connectivity index (χ0n) is 11.4. The predicted octanol–water partition coefficient (Wildman–Crippen LogP) is 3.08. The number of hydrogen-bond donors (Lipinski definition) is 1. The standard InChI is InChI=1S/C15H18BrNO3/c1-10-4-5-12(13(16)7-10)15(20)17-6-2-3-11(9-17)8-14(18)19/h4-5,7,11H,2-3,6,8-9H2,1H3,(H,18,19). The Morgan fingerprint density at radius 2 is 2.20 bits per heavy atom. The molecule has 4 nitrogen and oxygen atoms in total. The van der Waals surface area contributed by atoms with E-state index in [9.17, 15) is 9.59 Å². The van der Waals surface area contributed by atoms with E-state index in [4.69, 9.17) is 5.11 Å². The highest BCUT2D eigenvalue weighted by molar-refractivity contribution is 9.10. The number of aryl methyl sites for hydroxylation is 1. The van der Waals surface area contributed by atoms with Crippen LogP contribution in [0.2, 0.25) is 0 Å². The highest BCUT2D eigenvalue weighted by Gasteiger charge is 2.26. The minimum absolute atomic E-state index is 0.0213. The van der Waals surface area contributed by atoms with Crippen LogP contribution in [0.15, 0.2) is 22.7 Å². The molecule has 0 radical (unpaired) electrons. The first-order chi connectivity index (χ1) is 9.47. The van der Waals surface area contributed by atoms with Crippen molar-refractivity contribution in [2.45, 2.75) is 26.2 Å². The maximum Gasteiger partial charge on any atom is 0.303 e. The molecule has 0 aliphatic carbocycles. The van der Waals surface area contributed by atoms with Crippen LogP contribution in [0.5, 0.6) is 0 Å². The van der Waals surface area contributed by atoms with Gasteiger partial charge in [-0.3, -0.25) is 9.59 Å². The first-order valence-electron chi connectivity index (χ1n) is 6.74. The van der Waals surface area contributed by atoms with Crippen molar-refractivity contribution in [2.24, 2.45) is 5.92 Å². The molecule has 1 aromatic carbocycles. The molecule has 0 spiro atoms. The fourth-order valence-electron chi connectivity index (χ4n) is 2.63. The molecular formula is C15H18BrNO3. The summed E-state index contributed by atoms with van der Waals surface area (Å²) >= 11 is 3.43. The van der Waals surface area contributed by atoms with E-state index in [1.165, 1.54) is 0 Å². The molecule has 5 heteroatoms. The Bertz CT molecular complexity index is 530. The Labute approximate surface area is 126 Å². The van der Waals surface area contributed by atoms with E-state index < -0.39 is 5.97 Å². The lowest BCUT2D eigenvalue weighted by Gasteiger charge is -2.32. The van der Waals surface area contributed by atoms with Crippen LogP contribution in [0, 0.1) is 12.8 Å². The van der Waals surface area contributed by atoms with Crippen LogP contribution in [-0.2, 0) is 4.79 Å². The topological polar surface area (TPSA) is 57.6 Å². The fourth-order valence-corrected chi connectivity index (χ4v) is 3.29. The quantitative estimate of drug-likeness (QED) is 0.920. The van der Waals surface area contributed by atoms with Crippen molar-refractivity contribution < 1.29 is 14.7 Å². The molecule has 1 atom stereocenters. The van der Waals surface area contributed by atoms with E-state index in [0.717, 1.165) is 22.9 Å². The summed E-state index contributed by atoms with van der Waals surface area (Å²) in [6, 6.07) is 5.66. The number of piperidine rings is 1. The van der Waals surface area contributed by atoms with Gasteiger partial charge in [0, 0.05) is 24.0 Å². The van der Waals surface area contributed by atoms with Crippen molar-refractivity contribution in [3.63, 3.8) is 0 Å². The number of benzene rings is 1. The molecule has 1 aliphatic rings. The van der Waals surface area contributed by atoms with E-state index in [0.29, 0.717) is 18.7 Å². The van der Waals surface area contributed by atoms with Crippen molar-refractivity contribution in [1.82, 2.24) is 4.90 Å². The molecule has 1 aromatic rings. The van der Waals surface area contributed by atoms with Gasteiger partial charge in [0.2, 0.25) is 0 Å². The molecule has 1 heterocycles. The van der Waals surface area contributed by atoms with Gasteiger partial charge in [-0.05, 0) is 59.3 Å². The van der Waals surface area contributed by atoms with Gasteiger partial charge >= 0.3 is 5.97 Å². The van der Waals surface area contributed by atoms with Gasteiger partial charge in [-0.2, -0.15) is 0 Å². The number of carbonyl (C=O) groups excluding carboxylic acids is 1. The molecular weight excluding hydrogens is 322 g/mol. The third kappa shape index (κ3) is 3.60. The number of carboxylic acid groups (broad SMARTS) is 1. The molecule has 2 rings (SSSR count). The molecule has 1 N–H and O–H groups in total. The van der Waals surface area contributed by atoms with Crippen LogP contribution in [-0.4, -0.2) is 35.0 Å². The summed E-state index contributed by atoms with van der Waals surface area (Å²) in [6.07, 6.45) is 1.89. The Hall–Kier alpha value is -1.36. The smallest absolute Gasteiger partial charge is 0.303 e. The normalized spacial score (nSPS) is 18.9. The van der Waals surface area contributed by atoms with E-state index in [1.54, 1.807) is 4.90 Å². The lowest BCUT2D eigenvalue weighted by Crippen LogP contribution is -2.40. The van der Waals surface area contributed by atoms with E-state index >= 15 is 0 Å². The molecule has 108 valence electrons. The number of aliphatic carboxylic acids is 1. The number of amides is 1. The number of carbonyl (C=O) groups is 2. The van der Waals surface area contributed by atoms with Gasteiger partial charge < -0.3 is 10.0 Å². The predicted molar refractivity (Wildman–Crippen MR) is 79.8 cm³/mol. The molecule has 0 bridgehead atoms. The van der Waals surface area contributed by atoms with Crippen LogP contribution < -0.4 is 0 Å². The van der Waals surface area contributed by atoms with Crippen LogP contribution in [0.4, 0.5) is 0 Å². The largest absolute Gasteiger partial charge is 0.481 e. The van der Waals surface area contributed by atoms with Gasteiger partial charge in [0.25, 0.3) is 5.91 Å². The van der Waals surface area contributed by atoms with Crippen LogP contribution >= 0.6 is 15.9 Å². The monoisotopic (exact) mass is 339 g/mol. The molecule has 1 fully saturated rings. The number of halogens is 1. The Balaban J connectivity index is 2.10. The molecule has 1 unspecified atom stereocenters. The zero-order valence-corrected chi connectivity index (χ0v) is 13.0. The summed E-state index contributed by atoms with van der Waals surface area (Å²) in [4.78, 5) is 25.1. The third-order valence-electron chi connectivity index (χ3n) is 3.62. The van der Waals surface area contributed by atoms with Crippen molar-refractivity contribution in [3.8, 4) is 0 Å². The Kier molecular flexibility index (Phi) is 4.81. The summed E-state index contributed by atoms with van der Waals surface area (Å²) in [6.45, 7) is 3.21. The van der Waals surface area contributed by atoms with Gasteiger partial charge in [-0.25, -0.2) is 0 Å². The van der Waals surface area contributed by atoms with Gasteiger partial charge in [-0.15, -0.1) is 0 Å². The zero-order chi connectivity index (χ0) is 14.7. The maximum atomic E-state index is 12.5. The molecule has 1 amide bonds. The average Bonchev–Trinajstić information content (AvgIpc) is 2.37. The second-order valence-electron chi connectivity index (χ2n) is 5.34. The third-order valence-corrected chi connectivity index (χ3v) is 4.28. The molecule has 1 saturated heterocycles. The van der Waals surface area contributed by atoms with E-state index in [-0.39, 0.29) is 18.2 Å². The fraction of sp³-hybridized carbons (Fsp3) is 0.467. The molecule has 0 saturated carbocycles. The minimum Gasteiger partial charge on any atom is -0.481 e. The summed E-state index contributed by atoms with van der Waals surface area (Å²) in [5, 5.41) is 8.87. The summed E-state index contributed by atoms with van der Waals surface area (Å²) in [7, 11) is 0. The minimum atomic E-state index is -0.791. The second kappa shape index (κ2) is 6.39. The van der Waals surface area contributed by atoms with Crippen molar-refractivity contribution in [3.05, 3.63) is 33.8 Å². The first kappa shape index (κ1) is 15.0. The van der Waals surface area contributed by atoms with Gasteiger partial charge in [0.1, 0.15) is 0 Å². The van der Waals surface area contributed by atoms with Gasteiger partial charge in [0.15, 0.2) is 0 Å². The summed E-state index contributed by atoms with van der Waals surface area (Å²) in [5.41, 5.74) is 1.74. The molecule has 20 heavy (non-hydrogen) atoms. The number of likely N-dealkylation sites (tertiary alicyclic amines) is 1. The Morgan fingerprint density at radius 3 is 2.85 bits per heavy atom. The van der Waals surface area contributed by atoms with Crippen molar-refractivity contribution in [1.29, 1.82) is 0 Å².